The van der Waals surface area contributed by atoms with E-state index in [-0.39, 0.29) is 11.3 Å². The van der Waals surface area contributed by atoms with Crippen LogP contribution in [0.1, 0.15) is 22.9 Å². The highest BCUT2D eigenvalue weighted by Gasteiger charge is 2.46. The number of morpholine rings is 1. The number of hydrogen-bond donors (Lipinski definition) is 2. The lowest BCUT2D eigenvalue weighted by molar-refractivity contribution is -0.908. The maximum atomic E-state index is 12.9. The largest absolute Gasteiger partial charge is 0.507 e. The predicted octanol–water partition coefficient (Wildman–Crippen LogP) is 1.48. The van der Waals surface area contributed by atoms with E-state index in [4.69, 9.17) is 4.74 Å². The van der Waals surface area contributed by atoms with E-state index in [0.29, 0.717) is 12.1 Å². The van der Waals surface area contributed by atoms with Crippen LogP contribution in [0.25, 0.3) is 5.76 Å². The molecule has 3 heterocycles. The summed E-state index contributed by atoms with van der Waals surface area (Å²) < 4.78 is 5.40. The van der Waals surface area contributed by atoms with Gasteiger partial charge in [-0.15, -0.1) is 11.3 Å². The minimum absolute atomic E-state index is 0.108. The van der Waals surface area contributed by atoms with E-state index in [2.05, 4.69) is 0 Å². The lowest BCUT2D eigenvalue weighted by atomic mass is 10.00. The molecule has 2 N–H and O–H groups in total. The molecular weight excluding hydrogens is 388 g/mol. The Kier molecular flexibility index (Phi) is 6.08. The number of carbonyl (C=O) groups is 2. The van der Waals surface area contributed by atoms with Gasteiger partial charge in [0.05, 0.1) is 31.4 Å². The third-order valence-electron chi connectivity index (χ3n) is 5.53. The van der Waals surface area contributed by atoms with Crippen molar-refractivity contribution < 1.29 is 24.3 Å². The van der Waals surface area contributed by atoms with Gasteiger partial charge in [0.1, 0.15) is 18.8 Å². The summed E-state index contributed by atoms with van der Waals surface area (Å²) in [4.78, 5) is 29.7. The van der Waals surface area contributed by atoms with Crippen molar-refractivity contribution in [3.05, 3.63) is 63.9 Å². The van der Waals surface area contributed by atoms with E-state index in [1.807, 2.05) is 23.6 Å². The number of nitrogens with one attached hydrogen (secondary N) is 1. The summed E-state index contributed by atoms with van der Waals surface area (Å²) in [5.41, 5.74) is 0.729. The molecule has 152 valence electrons. The summed E-state index contributed by atoms with van der Waals surface area (Å²) in [6.07, 6.45) is 0.801. The average Bonchev–Trinajstić information content (AvgIpc) is 3.37. The van der Waals surface area contributed by atoms with Crippen LogP contribution in [0.2, 0.25) is 0 Å². The van der Waals surface area contributed by atoms with Crippen molar-refractivity contribution in [3.8, 4) is 0 Å². The molecule has 1 amide bonds. The van der Waals surface area contributed by atoms with E-state index in [1.54, 1.807) is 29.2 Å². The molecule has 0 saturated carbocycles. The molecule has 2 aliphatic rings. The van der Waals surface area contributed by atoms with Crippen molar-refractivity contribution >= 4 is 28.8 Å². The van der Waals surface area contributed by atoms with Crippen LogP contribution >= 0.6 is 11.3 Å². The molecule has 2 aliphatic heterocycles. The van der Waals surface area contributed by atoms with Crippen LogP contribution in [0.4, 0.5) is 0 Å². The number of aliphatic hydroxyl groups excluding tert-OH is 1. The highest BCUT2D eigenvalue weighted by molar-refractivity contribution is 7.10. The maximum absolute atomic E-state index is 12.9. The molecule has 1 atom stereocenters. The van der Waals surface area contributed by atoms with Gasteiger partial charge in [-0.3, -0.25) is 9.59 Å². The SMILES string of the molecule is O=C1C(=O)N(CCC[NH+]2CCOCC2)[C@@H](c2cccs2)C1=C(O)c1ccccc1. The number of benzene rings is 1. The Balaban J connectivity index is 1.60. The molecule has 7 heteroatoms. The average molecular weight is 414 g/mol. The number of aliphatic hydroxyl groups is 1. The van der Waals surface area contributed by atoms with E-state index >= 15 is 0 Å². The normalized spacial score (nSPS) is 22.3. The Morgan fingerprint density at radius 2 is 1.90 bits per heavy atom. The van der Waals surface area contributed by atoms with Crippen molar-refractivity contribution in [2.75, 3.05) is 39.4 Å². The number of ketones is 1. The molecule has 29 heavy (non-hydrogen) atoms. The van der Waals surface area contributed by atoms with Crippen molar-refractivity contribution in [2.24, 2.45) is 0 Å². The van der Waals surface area contributed by atoms with E-state index in [9.17, 15) is 14.7 Å². The molecule has 1 aromatic carbocycles. The smallest absolute Gasteiger partial charge is 0.295 e. The quantitative estimate of drug-likeness (QED) is 0.428. The molecule has 2 fully saturated rings. The molecule has 0 unspecified atom stereocenters. The molecule has 0 radical (unpaired) electrons. The van der Waals surface area contributed by atoms with Crippen LogP contribution in [0, 0.1) is 0 Å². The summed E-state index contributed by atoms with van der Waals surface area (Å²) in [6, 6.07) is 12.2. The molecule has 0 aliphatic carbocycles. The number of thiophene rings is 1. The Hall–Kier alpha value is -2.48. The second kappa shape index (κ2) is 8.90. The number of amides is 1. The number of nitrogens with zero attached hydrogens (tertiary/aromatic N) is 1. The Morgan fingerprint density at radius 3 is 2.59 bits per heavy atom. The van der Waals surface area contributed by atoms with Crippen molar-refractivity contribution in [2.45, 2.75) is 12.5 Å². The zero-order chi connectivity index (χ0) is 20.2. The lowest BCUT2D eigenvalue weighted by Crippen LogP contribution is -3.14. The Morgan fingerprint density at radius 1 is 1.14 bits per heavy atom. The number of hydrogen-bond acceptors (Lipinski definition) is 5. The first-order valence-electron chi connectivity index (χ1n) is 9.95. The van der Waals surface area contributed by atoms with Crippen LogP contribution in [0.15, 0.2) is 53.4 Å². The topological polar surface area (TPSA) is 71.3 Å². The van der Waals surface area contributed by atoms with Gasteiger partial charge in [-0.25, -0.2) is 0 Å². The van der Waals surface area contributed by atoms with Gasteiger partial charge in [-0.05, 0) is 11.4 Å². The van der Waals surface area contributed by atoms with Crippen molar-refractivity contribution in [1.82, 2.24) is 4.90 Å². The van der Waals surface area contributed by atoms with Crippen LogP contribution < -0.4 is 4.90 Å². The van der Waals surface area contributed by atoms with Crippen LogP contribution in [0.5, 0.6) is 0 Å². The van der Waals surface area contributed by atoms with Gasteiger partial charge >= 0.3 is 0 Å². The number of quaternary nitrogens is 1. The lowest BCUT2D eigenvalue weighted by Gasteiger charge is -2.27. The van der Waals surface area contributed by atoms with Crippen LogP contribution in [-0.4, -0.2) is 61.1 Å². The van der Waals surface area contributed by atoms with Gasteiger partial charge in [-0.2, -0.15) is 0 Å². The number of carbonyl (C=O) groups excluding carboxylic acids is 2. The van der Waals surface area contributed by atoms with Gasteiger partial charge in [0.15, 0.2) is 0 Å². The van der Waals surface area contributed by atoms with E-state index < -0.39 is 17.7 Å². The summed E-state index contributed by atoms with van der Waals surface area (Å²) >= 11 is 1.49. The van der Waals surface area contributed by atoms with E-state index in [1.165, 1.54) is 16.2 Å². The second-order valence-corrected chi connectivity index (χ2v) is 8.32. The zero-order valence-electron chi connectivity index (χ0n) is 16.2. The van der Waals surface area contributed by atoms with Gasteiger partial charge in [0.2, 0.25) is 0 Å². The zero-order valence-corrected chi connectivity index (χ0v) is 17.0. The highest BCUT2D eigenvalue weighted by atomic mass is 32.1. The molecule has 0 spiro atoms. The fourth-order valence-corrected chi connectivity index (χ4v) is 4.86. The first-order chi connectivity index (χ1) is 14.2. The van der Waals surface area contributed by atoms with Gasteiger partial charge in [0, 0.05) is 23.4 Å². The van der Waals surface area contributed by atoms with Crippen molar-refractivity contribution in [1.29, 1.82) is 0 Å². The summed E-state index contributed by atoms with van der Waals surface area (Å²) in [7, 11) is 0. The monoisotopic (exact) mass is 413 g/mol. The number of likely N-dealkylation sites (tertiary alicyclic amines) is 1. The maximum Gasteiger partial charge on any atom is 0.295 e. The predicted molar refractivity (Wildman–Crippen MR) is 111 cm³/mol. The highest BCUT2D eigenvalue weighted by Crippen LogP contribution is 2.40. The summed E-state index contributed by atoms with van der Waals surface area (Å²) in [5, 5.41) is 12.8. The summed E-state index contributed by atoms with van der Waals surface area (Å²) in [6.45, 7) is 4.91. The third kappa shape index (κ3) is 4.12. The minimum Gasteiger partial charge on any atom is -0.507 e. The standard InChI is InChI=1S/C22H24N2O4S/c25-20(16-6-2-1-3-7-16)18-19(17-8-4-15-29-17)24(22(27)21(18)26)10-5-9-23-11-13-28-14-12-23/h1-4,6-8,15,19,25H,5,9-14H2/p+1/t19-/m0/s1. The second-order valence-electron chi connectivity index (χ2n) is 7.34. The molecule has 2 aromatic rings. The fourth-order valence-electron chi connectivity index (χ4n) is 4.01. The third-order valence-corrected chi connectivity index (χ3v) is 6.45. The molecule has 2 saturated heterocycles. The Labute approximate surface area is 174 Å². The molecule has 6 nitrogen and oxygen atoms in total. The van der Waals surface area contributed by atoms with Gasteiger partial charge < -0.3 is 19.6 Å². The molecule has 4 rings (SSSR count). The molecule has 1 aromatic heterocycles. The summed E-state index contributed by atoms with van der Waals surface area (Å²) in [5.74, 6) is -1.25. The molecule has 0 bridgehead atoms. The van der Waals surface area contributed by atoms with Crippen LogP contribution in [0.3, 0.4) is 0 Å². The van der Waals surface area contributed by atoms with E-state index in [0.717, 1.165) is 44.1 Å². The number of rotatable bonds is 6. The van der Waals surface area contributed by atoms with Crippen LogP contribution in [-0.2, 0) is 14.3 Å². The first kappa shape index (κ1) is 19.8. The first-order valence-corrected chi connectivity index (χ1v) is 10.8. The minimum atomic E-state index is -0.608. The van der Waals surface area contributed by atoms with Gasteiger partial charge in [-0.1, -0.05) is 36.4 Å². The molecular formula is C22H25N2O4S+. The van der Waals surface area contributed by atoms with Gasteiger partial charge in [0.25, 0.3) is 11.7 Å². The Bertz CT molecular complexity index is 889. The number of ether oxygens (including phenoxy) is 1. The number of Topliss-reactive ketones (excluding diaryl/α,β-unsaturated/α-hetero) is 1. The fraction of sp³-hybridized carbons (Fsp3) is 0.364. The van der Waals surface area contributed by atoms with Crippen molar-refractivity contribution in [3.63, 3.8) is 0 Å².